The third kappa shape index (κ3) is 4.42. The van der Waals surface area contributed by atoms with E-state index in [1.54, 1.807) is 17.0 Å². The van der Waals surface area contributed by atoms with E-state index in [0.29, 0.717) is 12.1 Å². The van der Waals surface area contributed by atoms with Gasteiger partial charge in [-0.1, -0.05) is 61.5 Å². The summed E-state index contributed by atoms with van der Waals surface area (Å²) in [6.45, 7) is 2.51. The number of hydrogen-bond acceptors (Lipinski definition) is 3. The highest BCUT2D eigenvalue weighted by atomic mass is 16.4. The van der Waals surface area contributed by atoms with E-state index in [0.717, 1.165) is 11.1 Å². The van der Waals surface area contributed by atoms with Crippen LogP contribution in [-0.4, -0.2) is 40.8 Å². The Labute approximate surface area is 158 Å². The molecule has 2 aromatic rings. The Bertz CT molecular complexity index is 829. The number of carbonyl (C=O) groups is 3. The van der Waals surface area contributed by atoms with E-state index in [9.17, 15) is 14.4 Å². The van der Waals surface area contributed by atoms with E-state index >= 15 is 0 Å². The minimum absolute atomic E-state index is 0.0623. The molecule has 3 rings (SSSR count). The summed E-state index contributed by atoms with van der Waals surface area (Å²) in [5.41, 5.74) is 2.71. The van der Waals surface area contributed by atoms with Crippen molar-refractivity contribution in [1.82, 2.24) is 4.90 Å². The van der Waals surface area contributed by atoms with Crippen LogP contribution in [0.25, 0.3) is 11.1 Å². The van der Waals surface area contributed by atoms with Crippen LogP contribution in [0.5, 0.6) is 0 Å². The van der Waals surface area contributed by atoms with Crippen molar-refractivity contribution in [2.75, 3.05) is 13.1 Å². The van der Waals surface area contributed by atoms with Crippen molar-refractivity contribution in [2.24, 2.45) is 11.8 Å². The number of aliphatic carboxylic acids is 1. The minimum Gasteiger partial charge on any atom is -0.481 e. The number of ketones is 1. The summed E-state index contributed by atoms with van der Waals surface area (Å²) in [5.74, 6) is -1.68. The molecule has 0 radical (unpaired) electrons. The molecular formula is C22H23NO4. The molecule has 1 saturated heterocycles. The number of nitrogens with zero attached hydrogens (tertiary/aromatic N) is 1. The number of Topliss-reactive ketones (excluding diaryl/α,β-unsaturated/α-hetero) is 1. The Kier molecular flexibility index (Phi) is 5.69. The number of amides is 1. The van der Waals surface area contributed by atoms with Crippen molar-refractivity contribution in [3.63, 3.8) is 0 Å². The zero-order valence-corrected chi connectivity index (χ0v) is 15.3. The Morgan fingerprint density at radius 1 is 0.926 bits per heavy atom. The predicted molar refractivity (Wildman–Crippen MR) is 102 cm³/mol. The first-order valence-corrected chi connectivity index (χ1v) is 9.15. The second kappa shape index (κ2) is 8.16. The van der Waals surface area contributed by atoms with Gasteiger partial charge in [-0.15, -0.1) is 0 Å². The van der Waals surface area contributed by atoms with Gasteiger partial charge in [0.25, 0.3) is 0 Å². The van der Waals surface area contributed by atoms with Gasteiger partial charge in [-0.25, -0.2) is 0 Å². The molecule has 0 aliphatic carbocycles. The van der Waals surface area contributed by atoms with E-state index < -0.39 is 11.9 Å². The van der Waals surface area contributed by atoms with Crippen molar-refractivity contribution in [3.05, 3.63) is 60.2 Å². The zero-order chi connectivity index (χ0) is 19.4. The van der Waals surface area contributed by atoms with Gasteiger partial charge in [0, 0.05) is 31.5 Å². The molecular weight excluding hydrogens is 342 g/mol. The highest BCUT2D eigenvalue weighted by Crippen LogP contribution is 2.24. The second-order valence-corrected chi connectivity index (χ2v) is 7.09. The molecule has 5 nitrogen and oxygen atoms in total. The molecule has 2 aromatic carbocycles. The zero-order valence-electron chi connectivity index (χ0n) is 15.3. The topological polar surface area (TPSA) is 74.7 Å². The fourth-order valence-corrected chi connectivity index (χ4v) is 3.49. The van der Waals surface area contributed by atoms with Crippen LogP contribution in [0.1, 0.15) is 30.1 Å². The molecule has 1 aliphatic rings. The maximum absolute atomic E-state index is 12.4. The Morgan fingerprint density at radius 2 is 1.56 bits per heavy atom. The summed E-state index contributed by atoms with van der Waals surface area (Å²) in [6, 6.07) is 17.3. The van der Waals surface area contributed by atoms with Crippen molar-refractivity contribution in [3.8, 4) is 11.1 Å². The summed E-state index contributed by atoms with van der Waals surface area (Å²) in [7, 11) is 0. The van der Waals surface area contributed by atoms with Gasteiger partial charge in [0.2, 0.25) is 5.91 Å². The highest BCUT2D eigenvalue weighted by Gasteiger charge is 2.36. The van der Waals surface area contributed by atoms with Crippen LogP contribution in [-0.2, 0) is 9.59 Å². The molecule has 1 heterocycles. The molecule has 1 aliphatic heterocycles. The minimum atomic E-state index is -0.868. The molecule has 0 unspecified atom stereocenters. The summed E-state index contributed by atoms with van der Waals surface area (Å²) >= 11 is 0. The normalized spacial score (nSPS) is 19.1. The van der Waals surface area contributed by atoms with E-state index in [2.05, 4.69) is 0 Å². The number of hydrogen-bond donors (Lipinski definition) is 1. The standard InChI is InChI=1S/C22H23NO4/c1-15-13-23(14-19(15)22(26)27)21(25)12-11-20(24)18-9-7-17(8-10-18)16-5-3-2-4-6-16/h2-10,15,19H,11-14H2,1H3,(H,26,27)/t15-,19-/m1/s1. The van der Waals surface area contributed by atoms with Gasteiger partial charge < -0.3 is 10.0 Å². The van der Waals surface area contributed by atoms with Gasteiger partial charge in [0.1, 0.15) is 0 Å². The van der Waals surface area contributed by atoms with Crippen LogP contribution in [0.3, 0.4) is 0 Å². The van der Waals surface area contributed by atoms with Crippen molar-refractivity contribution in [1.29, 1.82) is 0 Å². The van der Waals surface area contributed by atoms with Gasteiger partial charge in [0.15, 0.2) is 5.78 Å². The Morgan fingerprint density at radius 3 is 2.15 bits per heavy atom. The highest BCUT2D eigenvalue weighted by molar-refractivity contribution is 5.98. The lowest BCUT2D eigenvalue weighted by Crippen LogP contribution is -2.30. The van der Waals surface area contributed by atoms with Crippen molar-refractivity contribution < 1.29 is 19.5 Å². The van der Waals surface area contributed by atoms with Crippen molar-refractivity contribution in [2.45, 2.75) is 19.8 Å². The van der Waals surface area contributed by atoms with Crippen LogP contribution in [0.2, 0.25) is 0 Å². The third-order valence-corrected chi connectivity index (χ3v) is 5.16. The second-order valence-electron chi connectivity index (χ2n) is 7.09. The monoisotopic (exact) mass is 365 g/mol. The molecule has 1 fully saturated rings. The molecule has 0 saturated carbocycles. The Balaban J connectivity index is 1.55. The van der Waals surface area contributed by atoms with Crippen LogP contribution in [0.15, 0.2) is 54.6 Å². The maximum atomic E-state index is 12.4. The number of carboxylic acid groups (broad SMARTS) is 1. The number of benzene rings is 2. The summed E-state index contributed by atoms with van der Waals surface area (Å²) in [6.07, 6.45) is 0.241. The van der Waals surface area contributed by atoms with Crippen LogP contribution < -0.4 is 0 Å². The lowest BCUT2D eigenvalue weighted by molar-refractivity contribution is -0.142. The van der Waals surface area contributed by atoms with E-state index in [1.807, 2.05) is 49.4 Å². The Hall–Kier alpha value is -2.95. The van der Waals surface area contributed by atoms with Gasteiger partial charge in [-0.3, -0.25) is 14.4 Å². The molecule has 0 aromatic heterocycles. The van der Waals surface area contributed by atoms with E-state index in [4.69, 9.17) is 5.11 Å². The summed E-state index contributed by atoms with van der Waals surface area (Å²) in [4.78, 5) is 37.4. The van der Waals surface area contributed by atoms with Crippen LogP contribution in [0, 0.1) is 11.8 Å². The van der Waals surface area contributed by atoms with Crippen LogP contribution in [0.4, 0.5) is 0 Å². The summed E-state index contributed by atoms with van der Waals surface area (Å²) < 4.78 is 0. The lowest BCUT2D eigenvalue weighted by atomic mass is 9.99. The molecule has 0 spiro atoms. The number of carboxylic acids is 1. The molecule has 27 heavy (non-hydrogen) atoms. The predicted octanol–water partition coefficient (Wildman–Crippen LogP) is 3.50. The summed E-state index contributed by atoms with van der Waals surface area (Å²) in [5, 5.41) is 9.16. The average molecular weight is 365 g/mol. The van der Waals surface area contributed by atoms with Gasteiger partial charge >= 0.3 is 5.97 Å². The molecule has 0 bridgehead atoms. The third-order valence-electron chi connectivity index (χ3n) is 5.16. The number of rotatable bonds is 6. The molecule has 5 heteroatoms. The average Bonchev–Trinajstić information content (AvgIpc) is 3.09. The molecule has 140 valence electrons. The molecule has 1 amide bonds. The molecule has 2 atom stereocenters. The fourth-order valence-electron chi connectivity index (χ4n) is 3.49. The van der Waals surface area contributed by atoms with E-state index in [-0.39, 0.29) is 37.0 Å². The quantitative estimate of drug-likeness (QED) is 0.795. The largest absolute Gasteiger partial charge is 0.481 e. The van der Waals surface area contributed by atoms with Crippen LogP contribution >= 0.6 is 0 Å². The SMILES string of the molecule is C[C@@H]1CN(C(=O)CCC(=O)c2ccc(-c3ccccc3)cc2)C[C@H]1C(=O)O. The fraction of sp³-hybridized carbons (Fsp3) is 0.318. The van der Waals surface area contributed by atoms with Gasteiger partial charge in [-0.2, -0.15) is 0 Å². The smallest absolute Gasteiger partial charge is 0.308 e. The van der Waals surface area contributed by atoms with Crippen molar-refractivity contribution >= 4 is 17.7 Å². The van der Waals surface area contributed by atoms with Gasteiger partial charge in [0.05, 0.1) is 5.92 Å². The first-order chi connectivity index (χ1) is 13.0. The maximum Gasteiger partial charge on any atom is 0.308 e. The van der Waals surface area contributed by atoms with E-state index in [1.165, 1.54) is 0 Å². The first-order valence-electron chi connectivity index (χ1n) is 9.15. The lowest BCUT2D eigenvalue weighted by Gasteiger charge is -2.15. The van der Waals surface area contributed by atoms with Gasteiger partial charge in [-0.05, 0) is 17.0 Å². The molecule has 1 N–H and O–H groups in total. The number of likely N-dealkylation sites (tertiary alicyclic amines) is 1. The number of carbonyl (C=O) groups excluding carboxylic acids is 2. The first kappa shape index (κ1) is 18.8.